The van der Waals surface area contributed by atoms with Crippen LogP contribution >= 0.6 is 31.9 Å². The smallest absolute Gasteiger partial charge is 0.0987 e. The number of hydrogen-bond donors (Lipinski definition) is 0. The molecule has 0 spiro atoms. The summed E-state index contributed by atoms with van der Waals surface area (Å²) in [5.74, 6) is 0. The van der Waals surface area contributed by atoms with Gasteiger partial charge in [-0.05, 0) is 32.8 Å². The summed E-state index contributed by atoms with van der Waals surface area (Å²) in [6, 6.07) is 10.3. The summed E-state index contributed by atoms with van der Waals surface area (Å²) < 4.78 is -0.153. The fourth-order valence-electron chi connectivity index (χ4n) is 1.41. The molecule has 18 heavy (non-hydrogen) atoms. The van der Waals surface area contributed by atoms with Crippen LogP contribution in [0.1, 0.15) is 26.3 Å². The molecule has 102 valence electrons. The highest BCUT2D eigenvalue weighted by molar-refractivity contribution is 9.12. The zero-order chi connectivity index (χ0) is 13.6. The molecule has 1 rings (SSSR count). The normalized spacial score (nSPS) is 15.4. The van der Waals surface area contributed by atoms with Gasteiger partial charge in [0.05, 0.1) is 16.5 Å². The Bertz CT molecular complexity index is 349. The maximum Gasteiger partial charge on any atom is 0.0987 e. The van der Waals surface area contributed by atoms with Gasteiger partial charge in [-0.15, -0.1) is 0 Å². The molecular weight excluding hydrogens is 360 g/mol. The lowest BCUT2D eigenvalue weighted by Gasteiger charge is -2.26. The molecule has 0 amide bonds. The summed E-state index contributed by atoms with van der Waals surface area (Å²) >= 11 is 7.26. The van der Waals surface area contributed by atoms with E-state index in [1.165, 1.54) is 5.56 Å². The summed E-state index contributed by atoms with van der Waals surface area (Å²) in [5, 5.41) is 0.794. The van der Waals surface area contributed by atoms with Crippen LogP contribution in [-0.2, 0) is 16.2 Å². The van der Waals surface area contributed by atoms with Crippen LogP contribution in [0.3, 0.4) is 0 Å². The minimum absolute atomic E-state index is 0.153. The quantitative estimate of drug-likeness (QED) is 0.411. The van der Waals surface area contributed by atoms with E-state index in [1.807, 2.05) is 39.0 Å². The maximum atomic E-state index is 5.35. The van der Waals surface area contributed by atoms with Gasteiger partial charge in [0.25, 0.3) is 0 Å². The van der Waals surface area contributed by atoms with Crippen LogP contribution < -0.4 is 0 Å². The first-order valence-corrected chi connectivity index (χ1v) is 7.86. The zero-order valence-electron chi connectivity index (χ0n) is 11.1. The van der Waals surface area contributed by atoms with Gasteiger partial charge in [0.15, 0.2) is 0 Å². The largest absolute Gasteiger partial charge is 0.235 e. The molecule has 2 nitrogen and oxygen atoms in total. The Morgan fingerprint density at radius 3 is 2.22 bits per heavy atom. The molecule has 0 N–H and O–H groups in total. The van der Waals surface area contributed by atoms with Crippen LogP contribution in [0.15, 0.2) is 30.3 Å². The first kappa shape index (κ1) is 16.2. The van der Waals surface area contributed by atoms with Crippen LogP contribution in [0.25, 0.3) is 0 Å². The lowest BCUT2D eigenvalue weighted by Crippen LogP contribution is -2.34. The predicted octanol–water partition coefficient (Wildman–Crippen LogP) is 4.50. The van der Waals surface area contributed by atoms with Gasteiger partial charge in [-0.1, -0.05) is 62.2 Å². The summed E-state index contributed by atoms with van der Waals surface area (Å²) in [5.41, 5.74) is 0.987. The van der Waals surface area contributed by atoms with Crippen molar-refractivity contribution < 1.29 is 9.78 Å². The van der Waals surface area contributed by atoms with Gasteiger partial charge in [-0.3, -0.25) is 0 Å². The molecule has 1 unspecified atom stereocenters. The van der Waals surface area contributed by atoms with E-state index in [-0.39, 0.29) is 9.93 Å². The van der Waals surface area contributed by atoms with Crippen molar-refractivity contribution in [2.75, 3.05) is 11.9 Å². The van der Waals surface area contributed by atoms with E-state index >= 15 is 0 Å². The van der Waals surface area contributed by atoms with Crippen LogP contribution in [-0.4, -0.2) is 21.9 Å². The number of halogens is 2. The van der Waals surface area contributed by atoms with Crippen molar-refractivity contribution in [3.63, 3.8) is 0 Å². The van der Waals surface area contributed by atoms with Crippen LogP contribution in [0.5, 0.6) is 0 Å². The van der Waals surface area contributed by atoms with Crippen molar-refractivity contribution in [3.8, 4) is 0 Å². The minimum atomic E-state index is -0.285. The third-order valence-corrected chi connectivity index (χ3v) is 4.85. The summed E-state index contributed by atoms with van der Waals surface area (Å²) in [6.45, 7) is 6.39. The second-order valence-corrected chi connectivity index (χ2v) is 7.65. The van der Waals surface area contributed by atoms with Crippen LogP contribution in [0.2, 0.25) is 0 Å². The molecule has 1 aromatic rings. The molecule has 0 bridgehead atoms. The van der Waals surface area contributed by atoms with E-state index in [9.17, 15) is 0 Å². The number of rotatable bonds is 6. The van der Waals surface area contributed by atoms with Gasteiger partial charge in [0.1, 0.15) is 0 Å². The maximum absolute atomic E-state index is 5.35. The first-order valence-electron chi connectivity index (χ1n) is 5.94. The van der Waals surface area contributed by atoms with Crippen molar-refractivity contribution in [1.29, 1.82) is 0 Å². The van der Waals surface area contributed by atoms with Gasteiger partial charge in [-0.2, -0.15) is 0 Å². The monoisotopic (exact) mass is 378 g/mol. The molecule has 0 aromatic heterocycles. The minimum Gasteiger partial charge on any atom is -0.235 e. The Labute approximate surface area is 126 Å². The Morgan fingerprint density at radius 2 is 1.72 bits per heavy atom. The molecule has 0 aliphatic carbocycles. The van der Waals surface area contributed by atoms with Gasteiger partial charge in [0, 0.05) is 5.33 Å². The third kappa shape index (κ3) is 6.32. The Morgan fingerprint density at radius 1 is 1.11 bits per heavy atom. The SMILES string of the molecule is CC(C)(C)OOCC(Br)(CBr)Cc1ccccc1. The average molecular weight is 380 g/mol. The summed E-state index contributed by atoms with van der Waals surface area (Å²) in [6.07, 6.45) is 0.882. The summed E-state index contributed by atoms with van der Waals surface area (Å²) in [4.78, 5) is 10.7. The molecule has 0 fully saturated rings. The van der Waals surface area contributed by atoms with Gasteiger partial charge < -0.3 is 0 Å². The Kier molecular flexibility index (Phi) is 6.31. The molecule has 0 aliphatic rings. The molecule has 4 heteroatoms. The second kappa shape index (κ2) is 7.04. The van der Waals surface area contributed by atoms with E-state index in [0.717, 1.165) is 11.8 Å². The highest BCUT2D eigenvalue weighted by Crippen LogP contribution is 2.27. The molecule has 0 aliphatic heterocycles. The number of alkyl halides is 2. The van der Waals surface area contributed by atoms with Crippen molar-refractivity contribution in [3.05, 3.63) is 35.9 Å². The van der Waals surface area contributed by atoms with Gasteiger partial charge >= 0.3 is 0 Å². The van der Waals surface area contributed by atoms with Crippen LogP contribution in [0.4, 0.5) is 0 Å². The van der Waals surface area contributed by atoms with Crippen molar-refractivity contribution in [2.45, 2.75) is 37.1 Å². The summed E-state index contributed by atoms with van der Waals surface area (Å²) in [7, 11) is 0. The van der Waals surface area contributed by atoms with E-state index in [2.05, 4.69) is 44.0 Å². The average Bonchev–Trinajstić information content (AvgIpc) is 2.28. The lowest BCUT2D eigenvalue weighted by molar-refractivity contribution is -0.350. The highest BCUT2D eigenvalue weighted by Gasteiger charge is 2.28. The van der Waals surface area contributed by atoms with Crippen LogP contribution in [0, 0.1) is 0 Å². The number of benzene rings is 1. The zero-order valence-corrected chi connectivity index (χ0v) is 14.3. The van der Waals surface area contributed by atoms with Crippen molar-refractivity contribution >= 4 is 31.9 Å². The Hall–Kier alpha value is 0.1000. The highest BCUT2D eigenvalue weighted by atomic mass is 79.9. The van der Waals surface area contributed by atoms with E-state index < -0.39 is 0 Å². The molecule has 0 saturated carbocycles. The van der Waals surface area contributed by atoms with Gasteiger partial charge in [0.2, 0.25) is 0 Å². The molecule has 0 heterocycles. The number of hydrogen-bond acceptors (Lipinski definition) is 2. The molecule has 0 radical (unpaired) electrons. The Balaban J connectivity index is 2.52. The van der Waals surface area contributed by atoms with Crippen molar-refractivity contribution in [1.82, 2.24) is 0 Å². The first-order chi connectivity index (χ1) is 8.35. The van der Waals surface area contributed by atoms with Crippen molar-refractivity contribution in [2.24, 2.45) is 0 Å². The molecular formula is C14H20Br2O2. The fraction of sp³-hybridized carbons (Fsp3) is 0.571. The van der Waals surface area contributed by atoms with E-state index in [0.29, 0.717) is 6.61 Å². The molecule has 1 aromatic carbocycles. The second-order valence-electron chi connectivity index (χ2n) is 5.40. The lowest BCUT2D eigenvalue weighted by atomic mass is 10.0. The predicted molar refractivity (Wildman–Crippen MR) is 82.4 cm³/mol. The van der Waals surface area contributed by atoms with E-state index in [4.69, 9.17) is 9.78 Å². The topological polar surface area (TPSA) is 18.5 Å². The molecule has 1 atom stereocenters. The van der Waals surface area contributed by atoms with E-state index in [1.54, 1.807) is 0 Å². The standard InChI is InChI=1S/C14H20Br2O2/c1-13(2,3)18-17-11-14(16,10-15)9-12-7-5-4-6-8-12/h4-8H,9-11H2,1-3H3. The molecule has 0 saturated heterocycles. The van der Waals surface area contributed by atoms with Gasteiger partial charge in [-0.25, -0.2) is 9.78 Å². The fourth-order valence-corrected chi connectivity index (χ4v) is 2.19. The third-order valence-electron chi connectivity index (χ3n) is 2.23.